The average Bonchev–Trinajstić information content (AvgIpc) is 2.85. The van der Waals surface area contributed by atoms with E-state index in [1.54, 1.807) is 19.1 Å². The first-order valence-corrected chi connectivity index (χ1v) is 6.08. The van der Waals surface area contributed by atoms with E-state index < -0.39 is 6.04 Å². The van der Waals surface area contributed by atoms with E-state index in [0.717, 1.165) is 0 Å². The van der Waals surface area contributed by atoms with Gasteiger partial charge in [0.1, 0.15) is 0 Å². The molecule has 0 aliphatic carbocycles. The zero-order valence-electron chi connectivity index (χ0n) is 10.9. The number of hydrogen-bond donors (Lipinski definition) is 2. The molecule has 2 aromatic rings. The minimum atomic E-state index is -0.530. The van der Waals surface area contributed by atoms with E-state index in [0.29, 0.717) is 29.4 Å². The van der Waals surface area contributed by atoms with Gasteiger partial charge in [0.25, 0.3) is 5.89 Å². The second kappa shape index (κ2) is 5.62. The lowest BCUT2D eigenvalue weighted by Gasteiger charge is -2.11. The Kier molecular flexibility index (Phi) is 3.91. The predicted molar refractivity (Wildman–Crippen MR) is 71.4 cm³/mol. The fourth-order valence-electron chi connectivity index (χ4n) is 1.60. The van der Waals surface area contributed by atoms with Gasteiger partial charge in [0.05, 0.1) is 17.3 Å². The molecule has 1 unspecified atom stereocenters. The van der Waals surface area contributed by atoms with Gasteiger partial charge < -0.3 is 15.6 Å². The molecule has 1 heterocycles. The molecule has 0 saturated carbocycles. The molecule has 6 heteroatoms. The van der Waals surface area contributed by atoms with E-state index in [1.165, 1.54) is 0 Å². The number of carbonyl (C=O) groups is 1. The summed E-state index contributed by atoms with van der Waals surface area (Å²) in [5.74, 6) is 0.686. The molecule has 1 amide bonds. The number of carbonyl (C=O) groups excluding carboxylic acids is 1. The lowest BCUT2D eigenvalue weighted by atomic mass is 10.1. The van der Waals surface area contributed by atoms with Crippen molar-refractivity contribution in [2.75, 3.05) is 5.32 Å². The number of nitrogens with two attached hydrogens (primary N) is 1. The standard InChI is InChI=1S/C13H16N4O2/c1-3-10(14)12(18)16-11-7-5-4-6-9(11)13-15-8(2)17-19-13/h4-7,10H,3,14H2,1-2H3,(H,16,18). The Labute approximate surface area is 111 Å². The molecule has 2 rings (SSSR count). The summed E-state index contributed by atoms with van der Waals surface area (Å²) in [6, 6.07) is 6.71. The lowest BCUT2D eigenvalue weighted by Crippen LogP contribution is -2.34. The second-order valence-corrected chi connectivity index (χ2v) is 4.20. The fourth-order valence-corrected chi connectivity index (χ4v) is 1.60. The monoisotopic (exact) mass is 260 g/mol. The summed E-state index contributed by atoms with van der Waals surface area (Å²) in [5.41, 5.74) is 6.99. The van der Waals surface area contributed by atoms with Gasteiger partial charge in [-0.15, -0.1) is 0 Å². The second-order valence-electron chi connectivity index (χ2n) is 4.20. The van der Waals surface area contributed by atoms with Gasteiger partial charge in [0, 0.05) is 0 Å². The number of nitrogens with zero attached hydrogens (tertiary/aromatic N) is 2. The van der Waals surface area contributed by atoms with Crippen LogP contribution in [-0.4, -0.2) is 22.1 Å². The van der Waals surface area contributed by atoms with Crippen LogP contribution in [0.5, 0.6) is 0 Å². The van der Waals surface area contributed by atoms with E-state index in [4.69, 9.17) is 10.3 Å². The summed E-state index contributed by atoms with van der Waals surface area (Å²) in [7, 11) is 0. The van der Waals surface area contributed by atoms with Crippen molar-refractivity contribution in [1.29, 1.82) is 0 Å². The van der Waals surface area contributed by atoms with E-state index in [2.05, 4.69) is 15.5 Å². The number of rotatable bonds is 4. The highest BCUT2D eigenvalue weighted by atomic mass is 16.5. The predicted octanol–water partition coefficient (Wildman–Crippen LogP) is 1.72. The molecule has 1 atom stereocenters. The lowest BCUT2D eigenvalue weighted by molar-refractivity contribution is -0.117. The molecule has 100 valence electrons. The van der Waals surface area contributed by atoms with E-state index in [1.807, 2.05) is 19.1 Å². The molecule has 0 aliphatic rings. The highest BCUT2D eigenvalue weighted by molar-refractivity contribution is 5.97. The SMILES string of the molecule is CCC(N)C(=O)Nc1ccccc1-c1nc(C)no1. The van der Waals surface area contributed by atoms with Gasteiger partial charge in [-0.2, -0.15) is 4.98 Å². The first kappa shape index (κ1) is 13.2. The van der Waals surface area contributed by atoms with Crippen LogP contribution in [0.4, 0.5) is 5.69 Å². The van der Waals surface area contributed by atoms with E-state index >= 15 is 0 Å². The number of nitrogens with one attached hydrogen (secondary N) is 1. The smallest absolute Gasteiger partial charge is 0.260 e. The quantitative estimate of drug-likeness (QED) is 0.872. The van der Waals surface area contributed by atoms with Crippen molar-refractivity contribution in [3.63, 3.8) is 0 Å². The van der Waals surface area contributed by atoms with Crippen LogP contribution in [-0.2, 0) is 4.79 Å². The molecule has 1 aromatic carbocycles. The topological polar surface area (TPSA) is 94.0 Å². The summed E-state index contributed by atoms with van der Waals surface area (Å²) < 4.78 is 5.12. The van der Waals surface area contributed by atoms with Crippen molar-refractivity contribution in [2.45, 2.75) is 26.3 Å². The minimum absolute atomic E-state index is 0.230. The Bertz CT molecular complexity index is 580. The molecule has 0 saturated heterocycles. The van der Waals surface area contributed by atoms with Crippen molar-refractivity contribution in [3.05, 3.63) is 30.1 Å². The van der Waals surface area contributed by atoms with Crippen LogP contribution in [0.1, 0.15) is 19.2 Å². The van der Waals surface area contributed by atoms with Crippen LogP contribution in [0.3, 0.4) is 0 Å². The normalized spacial score (nSPS) is 12.2. The van der Waals surface area contributed by atoms with E-state index in [-0.39, 0.29) is 5.91 Å². The summed E-state index contributed by atoms with van der Waals surface area (Å²) in [5, 5.41) is 6.52. The molecule has 19 heavy (non-hydrogen) atoms. The van der Waals surface area contributed by atoms with Gasteiger partial charge in [-0.25, -0.2) is 0 Å². The van der Waals surface area contributed by atoms with Crippen molar-refractivity contribution in [1.82, 2.24) is 10.1 Å². The van der Waals surface area contributed by atoms with Gasteiger partial charge in [0.15, 0.2) is 5.82 Å². The average molecular weight is 260 g/mol. The number of anilines is 1. The van der Waals surface area contributed by atoms with Gasteiger partial charge in [0.2, 0.25) is 5.91 Å². The highest BCUT2D eigenvalue weighted by Crippen LogP contribution is 2.26. The van der Waals surface area contributed by atoms with Crippen LogP contribution in [0.15, 0.2) is 28.8 Å². The molecule has 6 nitrogen and oxygen atoms in total. The molecule has 0 spiro atoms. The molecule has 0 bridgehead atoms. The summed E-state index contributed by atoms with van der Waals surface area (Å²) in [6.45, 7) is 3.60. The van der Waals surface area contributed by atoms with Crippen molar-refractivity contribution < 1.29 is 9.32 Å². The van der Waals surface area contributed by atoms with Crippen molar-refractivity contribution in [3.8, 4) is 11.5 Å². The molecule has 1 aromatic heterocycles. The number of hydrogen-bond acceptors (Lipinski definition) is 5. The largest absolute Gasteiger partial charge is 0.334 e. The number of benzene rings is 1. The number of amides is 1. The maximum absolute atomic E-state index is 11.8. The molecule has 3 N–H and O–H groups in total. The first-order valence-electron chi connectivity index (χ1n) is 6.08. The summed E-state index contributed by atoms with van der Waals surface area (Å²) in [4.78, 5) is 16.0. The highest BCUT2D eigenvalue weighted by Gasteiger charge is 2.16. The Morgan fingerprint density at radius 2 is 2.21 bits per heavy atom. The summed E-state index contributed by atoms with van der Waals surface area (Å²) in [6.07, 6.45) is 0.577. The molecule has 0 aliphatic heterocycles. The number of aromatic nitrogens is 2. The van der Waals surface area contributed by atoms with Crippen LogP contribution >= 0.6 is 0 Å². The zero-order chi connectivity index (χ0) is 13.8. The van der Waals surface area contributed by atoms with Crippen LogP contribution < -0.4 is 11.1 Å². The fraction of sp³-hybridized carbons (Fsp3) is 0.308. The number of para-hydroxylation sites is 1. The van der Waals surface area contributed by atoms with Gasteiger partial charge in [-0.05, 0) is 25.5 Å². The molecule has 0 fully saturated rings. The van der Waals surface area contributed by atoms with Gasteiger partial charge >= 0.3 is 0 Å². The summed E-state index contributed by atoms with van der Waals surface area (Å²) >= 11 is 0. The third-order valence-corrected chi connectivity index (χ3v) is 2.72. The Hall–Kier alpha value is -2.21. The maximum atomic E-state index is 11.8. The van der Waals surface area contributed by atoms with Crippen LogP contribution in [0.2, 0.25) is 0 Å². The van der Waals surface area contributed by atoms with E-state index in [9.17, 15) is 4.79 Å². The van der Waals surface area contributed by atoms with Crippen molar-refractivity contribution >= 4 is 11.6 Å². The number of aryl methyl sites for hydroxylation is 1. The molecule has 0 radical (unpaired) electrons. The molecular formula is C13H16N4O2. The van der Waals surface area contributed by atoms with Gasteiger partial charge in [-0.1, -0.05) is 24.2 Å². The maximum Gasteiger partial charge on any atom is 0.260 e. The van der Waals surface area contributed by atoms with Crippen LogP contribution in [0.25, 0.3) is 11.5 Å². The third-order valence-electron chi connectivity index (χ3n) is 2.72. The zero-order valence-corrected chi connectivity index (χ0v) is 10.9. The first-order chi connectivity index (χ1) is 9.11. The Balaban J connectivity index is 2.29. The van der Waals surface area contributed by atoms with Crippen LogP contribution in [0, 0.1) is 6.92 Å². The minimum Gasteiger partial charge on any atom is -0.334 e. The Morgan fingerprint density at radius 3 is 2.84 bits per heavy atom. The third kappa shape index (κ3) is 2.97. The molecular weight excluding hydrogens is 244 g/mol. The van der Waals surface area contributed by atoms with Gasteiger partial charge in [-0.3, -0.25) is 4.79 Å². The Morgan fingerprint density at radius 1 is 1.47 bits per heavy atom. The van der Waals surface area contributed by atoms with Crippen molar-refractivity contribution in [2.24, 2.45) is 5.73 Å².